The van der Waals surface area contributed by atoms with E-state index in [9.17, 15) is 9.59 Å². The average Bonchev–Trinajstić information content (AvgIpc) is 2.28. The van der Waals surface area contributed by atoms with Crippen LogP contribution in [0.3, 0.4) is 0 Å². The van der Waals surface area contributed by atoms with Gasteiger partial charge < -0.3 is 9.64 Å². The number of carbonyl (C=O) groups excluding carboxylic acids is 2. The minimum Gasteiger partial charge on any atom is -0.466 e. The van der Waals surface area contributed by atoms with Gasteiger partial charge in [-0.1, -0.05) is 0 Å². The number of likely N-dealkylation sites (tertiary alicyclic amines) is 1. The summed E-state index contributed by atoms with van der Waals surface area (Å²) in [5.41, 5.74) is 0. The molecule has 1 unspecified atom stereocenters. The third kappa shape index (κ3) is 4.00. The van der Waals surface area contributed by atoms with Crippen molar-refractivity contribution in [3.05, 3.63) is 0 Å². The molecule has 0 radical (unpaired) electrons. The van der Waals surface area contributed by atoms with Crippen molar-refractivity contribution in [1.29, 1.82) is 0 Å². The molecule has 0 aromatic carbocycles. The third-order valence-corrected chi connectivity index (χ3v) is 2.98. The summed E-state index contributed by atoms with van der Waals surface area (Å²) in [4.78, 5) is 24.4. The van der Waals surface area contributed by atoms with Crippen molar-refractivity contribution in [1.82, 2.24) is 4.90 Å². The molecule has 16 heavy (non-hydrogen) atoms. The fourth-order valence-corrected chi connectivity index (χ4v) is 2.17. The maximum absolute atomic E-state index is 11.4. The normalized spacial score (nSPS) is 20.6. The molecule has 1 saturated heterocycles. The molecule has 0 aliphatic carbocycles. The Hall–Kier alpha value is -0.770. The summed E-state index contributed by atoms with van der Waals surface area (Å²) in [5, 5.41) is 0. The zero-order valence-corrected chi connectivity index (χ0v) is 10.3. The highest BCUT2D eigenvalue weighted by atomic mass is 35.5. The molecule has 1 aliphatic rings. The Bertz CT molecular complexity index is 258. The van der Waals surface area contributed by atoms with Crippen LogP contribution < -0.4 is 0 Å². The second-order valence-corrected chi connectivity index (χ2v) is 4.26. The van der Waals surface area contributed by atoms with Crippen LogP contribution in [0.2, 0.25) is 0 Å². The van der Waals surface area contributed by atoms with Crippen molar-refractivity contribution in [2.24, 2.45) is 5.92 Å². The van der Waals surface area contributed by atoms with Gasteiger partial charge >= 0.3 is 5.97 Å². The van der Waals surface area contributed by atoms with Gasteiger partial charge in [0.25, 0.3) is 0 Å². The maximum atomic E-state index is 11.4. The van der Waals surface area contributed by atoms with E-state index in [2.05, 4.69) is 0 Å². The van der Waals surface area contributed by atoms with Crippen LogP contribution in [0.25, 0.3) is 0 Å². The lowest BCUT2D eigenvalue weighted by atomic mass is 9.95. The van der Waals surface area contributed by atoms with Crippen molar-refractivity contribution < 1.29 is 14.3 Å². The van der Waals surface area contributed by atoms with E-state index in [0.29, 0.717) is 19.6 Å². The van der Waals surface area contributed by atoms with Gasteiger partial charge in [-0.05, 0) is 25.7 Å². The Morgan fingerprint density at radius 1 is 1.50 bits per heavy atom. The summed E-state index contributed by atoms with van der Waals surface area (Å²) >= 11 is 5.51. The van der Waals surface area contributed by atoms with E-state index >= 15 is 0 Å². The molecule has 0 bridgehead atoms. The van der Waals surface area contributed by atoms with E-state index < -0.39 is 0 Å². The standard InChI is InChI=1S/C11H18ClNO3/c1-2-16-11(15)6-9-4-3-5-13(8-9)10(14)7-12/h9H,2-8H2,1H3. The van der Waals surface area contributed by atoms with Crippen molar-refractivity contribution >= 4 is 23.5 Å². The molecular formula is C11H18ClNO3. The number of rotatable bonds is 4. The minimum absolute atomic E-state index is 0.0200. The second-order valence-electron chi connectivity index (χ2n) is 3.99. The predicted molar refractivity (Wildman–Crippen MR) is 61.3 cm³/mol. The first kappa shape index (κ1) is 13.3. The molecule has 1 aliphatic heterocycles. The van der Waals surface area contributed by atoms with E-state index in [1.165, 1.54) is 0 Å². The quantitative estimate of drug-likeness (QED) is 0.558. The summed E-state index contributed by atoms with van der Waals surface area (Å²) in [6.07, 6.45) is 2.32. The largest absolute Gasteiger partial charge is 0.466 e. The summed E-state index contributed by atoms with van der Waals surface area (Å²) in [7, 11) is 0. The number of amides is 1. The highest BCUT2D eigenvalue weighted by Gasteiger charge is 2.25. The van der Waals surface area contributed by atoms with Crippen LogP contribution in [0, 0.1) is 5.92 Å². The van der Waals surface area contributed by atoms with E-state index in [-0.39, 0.29) is 23.7 Å². The van der Waals surface area contributed by atoms with Crippen LogP contribution in [-0.2, 0) is 14.3 Å². The van der Waals surface area contributed by atoms with Gasteiger partial charge in [0.2, 0.25) is 5.91 Å². The van der Waals surface area contributed by atoms with Crippen LogP contribution >= 0.6 is 11.6 Å². The van der Waals surface area contributed by atoms with Crippen LogP contribution in [0.15, 0.2) is 0 Å². The maximum Gasteiger partial charge on any atom is 0.306 e. The SMILES string of the molecule is CCOC(=O)CC1CCCN(C(=O)CCl)C1. The van der Waals surface area contributed by atoms with Gasteiger partial charge in [0.15, 0.2) is 0 Å². The summed E-state index contributed by atoms with van der Waals surface area (Å²) < 4.78 is 4.90. The Balaban J connectivity index is 2.38. The molecule has 1 heterocycles. The minimum atomic E-state index is -0.173. The summed E-state index contributed by atoms with van der Waals surface area (Å²) in [6.45, 7) is 3.59. The predicted octanol–water partition coefficient (Wildman–Crippen LogP) is 1.42. The van der Waals surface area contributed by atoms with Crippen molar-refractivity contribution in [3.8, 4) is 0 Å². The fourth-order valence-electron chi connectivity index (χ4n) is 2.00. The van der Waals surface area contributed by atoms with Gasteiger partial charge in [0.1, 0.15) is 5.88 Å². The molecule has 0 aromatic rings. The number of halogens is 1. The van der Waals surface area contributed by atoms with Gasteiger partial charge in [-0.15, -0.1) is 11.6 Å². The Kier molecular flexibility index (Phi) is 5.60. The summed E-state index contributed by atoms with van der Waals surface area (Å²) in [5.74, 6) is 0.0226. The monoisotopic (exact) mass is 247 g/mol. The molecule has 1 atom stereocenters. The molecule has 1 fully saturated rings. The molecule has 1 amide bonds. The lowest BCUT2D eigenvalue weighted by Gasteiger charge is -2.31. The number of alkyl halides is 1. The highest BCUT2D eigenvalue weighted by Crippen LogP contribution is 2.20. The topological polar surface area (TPSA) is 46.6 Å². The molecule has 0 spiro atoms. The first-order valence-electron chi connectivity index (χ1n) is 5.66. The average molecular weight is 248 g/mol. The number of hydrogen-bond donors (Lipinski definition) is 0. The number of carbonyl (C=O) groups is 2. The zero-order chi connectivity index (χ0) is 12.0. The molecule has 0 aromatic heterocycles. The first-order valence-corrected chi connectivity index (χ1v) is 6.20. The number of ether oxygens (including phenoxy) is 1. The van der Waals surface area contributed by atoms with Crippen LogP contribution in [0.4, 0.5) is 0 Å². The molecule has 0 saturated carbocycles. The molecular weight excluding hydrogens is 230 g/mol. The lowest BCUT2D eigenvalue weighted by Crippen LogP contribution is -2.41. The summed E-state index contributed by atoms with van der Waals surface area (Å²) in [6, 6.07) is 0. The van der Waals surface area contributed by atoms with Gasteiger partial charge in [-0.2, -0.15) is 0 Å². The van der Waals surface area contributed by atoms with Crippen molar-refractivity contribution in [2.45, 2.75) is 26.2 Å². The molecule has 5 heteroatoms. The number of nitrogens with zero attached hydrogens (tertiary/aromatic N) is 1. The Labute approximate surface area is 101 Å². The molecule has 1 rings (SSSR count). The van der Waals surface area contributed by atoms with Crippen LogP contribution in [0.5, 0.6) is 0 Å². The van der Waals surface area contributed by atoms with Gasteiger partial charge in [0, 0.05) is 13.1 Å². The fraction of sp³-hybridized carbons (Fsp3) is 0.818. The van der Waals surface area contributed by atoms with E-state index in [1.54, 1.807) is 11.8 Å². The van der Waals surface area contributed by atoms with E-state index in [0.717, 1.165) is 19.4 Å². The van der Waals surface area contributed by atoms with Crippen LogP contribution in [-0.4, -0.2) is 42.4 Å². The third-order valence-electron chi connectivity index (χ3n) is 2.75. The zero-order valence-electron chi connectivity index (χ0n) is 9.58. The van der Waals surface area contributed by atoms with Gasteiger partial charge in [0.05, 0.1) is 13.0 Å². The second kappa shape index (κ2) is 6.74. The lowest BCUT2D eigenvalue weighted by molar-refractivity contribution is -0.145. The van der Waals surface area contributed by atoms with Gasteiger partial charge in [-0.3, -0.25) is 9.59 Å². The molecule has 0 N–H and O–H groups in total. The van der Waals surface area contributed by atoms with Crippen molar-refractivity contribution in [3.63, 3.8) is 0 Å². The number of hydrogen-bond acceptors (Lipinski definition) is 3. The Morgan fingerprint density at radius 2 is 2.25 bits per heavy atom. The number of piperidine rings is 1. The molecule has 4 nitrogen and oxygen atoms in total. The van der Waals surface area contributed by atoms with E-state index in [1.807, 2.05) is 0 Å². The van der Waals surface area contributed by atoms with Gasteiger partial charge in [-0.25, -0.2) is 0 Å². The first-order chi connectivity index (χ1) is 7.67. The smallest absolute Gasteiger partial charge is 0.306 e. The molecule has 92 valence electrons. The Morgan fingerprint density at radius 3 is 2.88 bits per heavy atom. The van der Waals surface area contributed by atoms with Crippen molar-refractivity contribution in [2.75, 3.05) is 25.6 Å². The van der Waals surface area contributed by atoms with Crippen LogP contribution in [0.1, 0.15) is 26.2 Å². The highest BCUT2D eigenvalue weighted by molar-refractivity contribution is 6.27. The number of esters is 1. The van der Waals surface area contributed by atoms with E-state index in [4.69, 9.17) is 16.3 Å².